The van der Waals surface area contributed by atoms with Gasteiger partial charge in [0.25, 0.3) is 0 Å². The van der Waals surface area contributed by atoms with E-state index in [0.717, 1.165) is 17.1 Å². The van der Waals surface area contributed by atoms with E-state index in [1.807, 2.05) is 6.07 Å². The van der Waals surface area contributed by atoms with Gasteiger partial charge in [0, 0.05) is 11.6 Å². The van der Waals surface area contributed by atoms with E-state index in [4.69, 9.17) is 12.2 Å². The first-order valence-electron chi connectivity index (χ1n) is 5.74. The Bertz CT molecular complexity index is 585. The fourth-order valence-corrected chi connectivity index (χ4v) is 1.93. The molecule has 88 valence electrons. The van der Waals surface area contributed by atoms with Crippen LogP contribution < -0.4 is 0 Å². The molecule has 2 rings (SSSR count). The maximum absolute atomic E-state index is 5.21. The highest BCUT2D eigenvalue weighted by molar-refractivity contribution is 7.71. The predicted molar refractivity (Wildman–Crippen MR) is 73.7 cm³/mol. The number of nitrogens with one attached hydrogen (secondary N) is 1. The molecule has 0 aliphatic rings. The Morgan fingerprint density at radius 3 is 2.65 bits per heavy atom. The monoisotopic (exact) mass is 244 g/mol. The lowest BCUT2D eigenvalue weighted by atomic mass is 10.1. The number of H-pyrrole nitrogens is 1. The highest BCUT2D eigenvalue weighted by Crippen LogP contribution is 2.20. The molecule has 0 fully saturated rings. The SMILES string of the molecule is Cc1cccc(-c2cc(=S)nc(C(C)C)[nH]2)c1. The van der Waals surface area contributed by atoms with Gasteiger partial charge in [-0.25, -0.2) is 4.98 Å². The molecule has 0 aliphatic carbocycles. The Morgan fingerprint density at radius 1 is 1.24 bits per heavy atom. The number of nitrogens with zero attached hydrogens (tertiary/aromatic N) is 1. The van der Waals surface area contributed by atoms with Gasteiger partial charge in [-0.2, -0.15) is 0 Å². The van der Waals surface area contributed by atoms with Crippen molar-refractivity contribution in [2.45, 2.75) is 26.7 Å². The molecule has 2 nitrogen and oxygen atoms in total. The van der Waals surface area contributed by atoms with E-state index in [9.17, 15) is 0 Å². The molecule has 1 aromatic heterocycles. The van der Waals surface area contributed by atoms with Gasteiger partial charge in [-0.05, 0) is 24.6 Å². The zero-order valence-corrected chi connectivity index (χ0v) is 11.1. The summed E-state index contributed by atoms with van der Waals surface area (Å²) in [5.74, 6) is 1.29. The summed E-state index contributed by atoms with van der Waals surface area (Å²) in [5.41, 5.74) is 3.43. The molecule has 0 bridgehead atoms. The summed E-state index contributed by atoms with van der Waals surface area (Å²) < 4.78 is 0.643. The summed E-state index contributed by atoms with van der Waals surface area (Å²) in [7, 11) is 0. The molecule has 0 spiro atoms. The van der Waals surface area contributed by atoms with Crippen molar-refractivity contribution in [3.05, 3.63) is 46.4 Å². The van der Waals surface area contributed by atoms with E-state index in [-0.39, 0.29) is 0 Å². The highest BCUT2D eigenvalue weighted by Gasteiger charge is 2.05. The first-order valence-corrected chi connectivity index (χ1v) is 6.15. The zero-order valence-electron chi connectivity index (χ0n) is 10.3. The van der Waals surface area contributed by atoms with Crippen LogP contribution in [0.3, 0.4) is 0 Å². The first kappa shape index (κ1) is 12.0. The standard InChI is InChI=1S/C14H16N2S/c1-9(2)14-15-12(8-13(17)16-14)11-6-4-5-10(3)7-11/h4-9H,1-3H3,(H,15,16,17). The summed E-state index contributed by atoms with van der Waals surface area (Å²) in [6.07, 6.45) is 0. The third-order valence-corrected chi connectivity index (χ3v) is 2.85. The van der Waals surface area contributed by atoms with Crippen LogP contribution in [0.25, 0.3) is 11.3 Å². The molecular formula is C14H16N2S. The maximum atomic E-state index is 5.21. The van der Waals surface area contributed by atoms with Gasteiger partial charge in [-0.1, -0.05) is 49.8 Å². The normalized spacial score (nSPS) is 10.8. The molecule has 2 aromatic rings. The number of hydrogen-bond acceptors (Lipinski definition) is 2. The molecule has 0 radical (unpaired) electrons. The molecule has 0 aliphatic heterocycles. The summed E-state index contributed by atoms with van der Waals surface area (Å²) in [6, 6.07) is 10.3. The summed E-state index contributed by atoms with van der Waals surface area (Å²) >= 11 is 5.21. The van der Waals surface area contributed by atoms with Gasteiger partial charge >= 0.3 is 0 Å². The van der Waals surface area contributed by atoms with E-state index < -0.39 is 0 Å². The number of aryl methyl sites for hydroxylation is 1. The molecular weight excluding hydrogens is 228 g/mol. The molecule has 0 saturated carbocycles. The van der Waals surface area contributed by atoms with Gasteiger partial charge in [0.1, 0.15) is 10.5 Å². The van der Waals surface area contributed by atoms with E-state index in [2.05, 4.69) is 55.0 Å². The molecule has 0 atom stereocenters. The minimum absolute atomic E-state index is 0.349. The summed E-state index contributed by atoms with van der Waals surface area (Å²) in [5, 5.41) is 0. The van der Waals surface area contributed by atoms with Crippen molar-refractivity contribution in [1.82, 2.24) is 9.97 Å². The van der Waals surface area contributed by atoms with Crippen LogP contribution in [0, 0.1) is 11.6 Å². The minimum atomic E-state index is 0.349. The lowest BCUT2D eigenvalue weighted by Crippen LogP contribution is -1.99. The smallest absolute Gasteiger partial charge is 0.130 e. The topological polar surface area (TPSA) is 28.7 Å². The second-order valence-electron chi connectivity index (χ2n) is 4.54. The van der Waals surface area contributed by atoms with Gasteiger partial charge in [0.2, 0.25) is 0 Å². The fraction of sp³-hybridized carbons (Fsp3) is 0.286. The minimum Gasteiger partial charge on any atom is -0.343 e. The summed E-state index contributed by atoms with van der Waals surface area (Å²) in [6.45, 7) is 6.30. The quantitative estimate of drug-likeness (QED) is 0.800. The molecule has 17 heavy (non-hydrogen) atoms. The van der Waals surface area contributed by atoms with Crippen LogP contribution in [0.5, 0.6) is 0 Å². The van der Waals surface area contributed by atoms with Gasteiger partial charge in [0.15, 0.2) is 0 Å². The lowest BCUT2D eigenvalue weighted by Gasteiger charge is -2.09. The van der Waals surface area contributed by atoms with Crippen LogP contribution >= 0.6 is 12.2 Å². The van der Waals surface area contributed by atoms with Crippen LogP contribution in [0.4, 0.5) is 0 Å². The van der Waals surface area contributed by atoms with Crippen molar-refractivity contribution in [1.29, 1.82) is 0 Å². The molecule has 0 amide bonds. The zero-order chi connectivity index (χ0) is 12.4. The highest BCUT2D eigenvalue weighted by atomic mass is 32.1. The average molecular weight is 244 g/mol. The Balaban J connectivity index is 2.56. The Kier molecular flexibility index (Phi) is 3.38. The Morgan fingerprint density at radius 2 is 2.00 bits per heavy atom. The number of aromatic nitrogens is 2. The van der Waals surface area contributed by atoms with Crippen LogP contribution in [-0.4, -0.2) is 9.97 Å². The van der Waals surface area contributed by atoms with Crippen LogP contribution in [-0.2, 0) is 0 Å². The Hall–Kier alpha value is -1.48. The maximum Gasteiger partial charge on any atom is 0.130 e. The number of hydrogen-bond donors (Lipinski definition) is 1. The fourth-order valence-electron chi connectivity index (χ4n) is 1.72. The van der Waals surface area contributed by atoms with Gasteiger partial charge in [0.05, 0.1) is 0 Å². The van der Waals surface area contributed by atoms with E-state index in [0.29, 0.717) is 10.6 Å². The van der Waals surface area contributed by atoms with Crippen LogP contribution in [0.2, 0.25) is 0 Å². The molecule has 1 aromatic carbocycles. The van der Waals surface area contributed by atoms with Crippen molar-refractivity contribution < 1.29 is 0 Å². The van der Waals surface area contributed by atoms with E-state index in [1.54, 1.807) is 0 Å². The van der Waals surface area contributed by atoms with Crippen LogP contribution in [0.1, 0.15) is 31.2 Å². The van der Waals surface area contributed by atoms with Gasteiger partial charge in [-0.3, -0.25) is 0 Å². The molecule has 1 heterocycles. The molecule has 0 unspecified atom stereocenters. The Labute approximate surface area is 107 Å². The predicted octanol–water partition coefficient (Wildman–Crippen LogP) is 4.24. The number of rotatable bonds is 2. The van der Waals surface area contributed by atoms with Gasteiger partial charge in [-0.15, -0.1) is 0 Å². The lowest BCUT2D eigenvalue weighted by molar-refractivity contribution is 0.773. The summed E-state index contributed by atoms with van der Waals surface area (Å²) in [4.78, 5) is 7.69. The molecule has 0 saturated heterocycles. The number of aromatic amines is 1. The third kappa shape index (κ3) is 2.80. The van der Waals surface area contributed by atoms with Gasteiger partial charge < -0.3 is 4.98 Å². The second kappa shape index (κ2) is 4.80. The van der Waals surface area contributed by atoms with Crippen molar-refractivity contribution in [2.24, 2.45) is 0 Å². The first-order chi connectivity index (χ1) is 8.06. The van der Waals surface area contributed by atoms with Crippen molar-refractivity contribution in [3.63, 3.8) is 0 Å². The number of benzene rings is 1. The molecule has 3 heteroatoms. The van der Waals surface area contributed by atoms with Crippen molar-refractivity contribution >= 4 is 12.2 Å². The van der Waals surface area contributed by atoms with E-state index >= 15 is 0 Å². The van der Waals surface area contributed by atoms with Crippen molar-refractivity contribution in [2.75, 3.05) is 0 Å². The third-order valence-electron chi connectivity index (χ3n) is 2.64. The second-order valence-corrected chi connectivity index (χ2v) is 4.96. The largest absolute Gasteiger partial charge is 0.343 e. The van der Waals surface area contributed by atoms with Crippen LogP contribution in [0.15, 0.2) is 30.3 Å². The average Bonchev–Trinajstić information content (AvgIpc) is 2.28. The van der Waals surface area contributed by atoms with E-state index in [1.165, 1.54) is 5.56 Å². The molecule has 1 N–H and O–H groups in total. The van der Waals surface area contributed by atoms with Crippen molar-refractivity contribution in [3.8, 4) is 11.3 Å².